The van der Waals surface area contributed by atoms with Crippen LogP contribution in [-0.2, 0) is 63.3 Å². The lowest BCUT2D eigenvalue weighted by molar-refractivity contribution is -0.0278. The standard InChI is InChI=1S/C54H83NO14/c1-3-4-5-6-7-8-13-47-18-20-48(21-19-47)68-45-44-67-43-42-66-41-40-65-39-38-64-37-36-63-35-34-62-33-32-61-31-30-60-29-28-59-27-26-58-25-24-57-23-22-55(2)54(56)69-46-53-51-16-11-9-14-49(51)50-15-10-12-17-52(50)53/h9-12,14-21,53H,3-8,13,22-46H2,1-2H3. The number of aryl methyl sites for hydroxylation is 1. The third-order valence-corrected chi connectivity index (χ3v) is 11.2. The lowest BCUT2D eigenvalue weighted by Gasteiger charge is -2.19. The van der Waals surface area contributed by atoms with Crippen LogP contribution in [0.5, 0.6) is 5.75 Å². The predicted molar refractivity (Wildman–Crippen MR) is 266 cm³/mol. The van der Waals surface area contributed by atoms with Crippen LogP contribution in [-0.4, -0.2) is 183 Å². The fourth-order valence-electron chi connectivity index (χ4n) is 7.38. The van der Waals surface area contributed by atoms with Crippen LogP contribution < -0.4 is 4.74 Å². The molecule has 0 radical (unpaired) electrons. The van der Waals surface area contributed by atoms with Gasteiger partial charge < -0.3 is 66.5 Å². The van der Waals surface area contributed by atoms with Gasteiger partial charge in [0.25, 0.3) is 0 Å². The first-order chi connectivity index (χ1) is 34.2. The van der Waals surface area contributed by atoms with Crippen molar-refractivity contribution in [3.8, 4) is 16.9 Å². The van der Waals surface area contributed by atoms with Crippen LogP contribution in [0.4, 0.5) is 4.79 Å². The quantitative estimate of drug-likeness (QED) is 0.0505. The van der Waals surface area contributed by atoms with Gasteiger partial charge in [-0.15, -0.1) is 0 Å². The van der Waals surface area contributed by atoms with Gasteiger partial charge in [0, 0.05) is 19.5 Å². The molecule has 0 unspecified atom stereocenters. The Morgan fingerprint density at radius 1 is 0.435 bits per heavy atom. The summed E-state index contributed by atoms with van der Waals surface area (Å²) in [6, 6.07) is 25.0. The fraction of sp³-hybridized carbons (Fsp3) is 0.648. The average Bonchev–Trinajstić information content (AvgIpc) is 3.70. The van der Waals surface area contributed by atoms with Gasteiger partial charge >= 0.3 is 6.09 Å². The zero-order valence-corrected chi connectivity index (χ0v) is 41.8. The molecule has 388 valence electrons. The zero-order chi connectivity index (χ0) is 48.5. The van der Waals surface area contributed by atoms with Crippen molar-refractivity contribution in [3.63, 3.8) is 0 Å². The second kappa shape index (κ2) is 39.9. The number of nitrogens with zero attached hydrogens (tertiary/aromatic N) is 1. The smallest absolute Gasteiger partial charge is 0.409 e. The molecule has 3 aromatic rings. The Balaban J connectivity index is 0.768. The first-order valence-corrected chi connectivity index (χ1v) is 25.3. The van der Waals surface area contributed by atoms with Crippen molar-refractivity contribution in [3.05, 3.63) is 89.5 Å². The van der Waals surface area contributed by atoms with E-state index >= 15 is 0 Å². The minimum atomic E-state index is -0.365. The molecule has 0 atom stereocenters. The summed E-state index contributed by atoms with van der Waals surface area (Å²) in [5, 5.41) is 0. The molecule has 0 aliphatic heterocycles. The van der Waals surface area contributed by atoms with Crippen molar-refractivity contribution in [2.45, 2.75) is 57.8 Å². The minimum Gasteiger partial charge on any atom is -0.491 e. The van der Waals surface area contributed by atoms with Crippen LogP contribution in [0, 0.1) is 0 Å². The topological polar surface area (TPSA) is 140 Å². The Morgan fingerprint density at radius 2 is 0.797 bits per heavy atom. The monoisotopic (exact) mass is 970 g/mol. The van der Waals surface area contributed by atoms with Crippen molar-refractivity contribution >= 4 is 6.09 Å². The highest BCUT2D eigenvalue weighted by atomic mass is 16.6. The molecule has 15 heteroatoms. The maximum Gasteiger partial charge on any atom is 0.409 e. The van der Waals surface area contributed by atoms with Gasteiger partial charge in [-0.25, -0.2) is 4.79 Å². The molecule has 4 rings (SSSR count). The summed E-state index contributed by atoms with van der Waals surface area (Å²) in [6.45, 7) is 14.2. The van der Waals surface area contributed by atoms with E-state index in [1.54, 1.807) is 7.05 Å². The second-order valence-electron chi connectivity index (χ2n) is 16.5. The van der Waals surface area contributed by atoms with Gasteiger partial charge in [0.1, 0.15) is 19.0 Å². The highest BCUT2D eigenvalue weighted by molar-refractivity contribution is 5.79. The molecule has 1 aliphatic carbocycles. The van der Waals surface area contributed by atoms with Gasteiger partial charge in [-0.3, -0.25) is 0 Å². The maximum atomic E-state index is 12.6. The molecule has 0 saturated carbocycles. The Morgan fingerprint density at radius 3 is 1.22 bits per heavy atom. The molecule has 0 bridgehead atoms. The van der Waals surface area contributed by atoms with Crippen molar-refractivity contribution in [2.24, 2.45) is 0 Å². The molecule has 0 aromatic heterocycles. The molecule has 0 spiro atoms. The first kappa shape index (κ1) is 57.9. The van der Waals surface area contributed by atoms with Crippen molar-refractivity contribution in [2.75, 3.05) is 172 Å². The minimum absolute atomic E-state index is 0.0355. The van der Waals surface area contributed by atoms with E-state index in [0.29, 0.717) is 165 Å². The van der Waals surface area contributed by atoms with Gasteiger partial charge in [0.15, 0.2) is 0 Å². The van der Waals surface area contributed by atoms with Gasteiger partial charge in [-0.2, -0.15) is 0 Å². The Bertz CT molecular complexity index is 1640. The van der Waals surface area contributed by atoms with E-state index in [9.17, 15) is 4.79 Å². The fourth-order valence-corrected chi connectivity index (χ4v) is 7.38. The SMILES string of the molecule is CCCCCCCCc1ccc(OCCOCCOCCOCCOCCOCCOCCOCCOCCOCCOCCOCCN(C)C(=O)OCC2c3ccccc3-c3ccccc32)cc1. The van der Waals surface area contributed by atoms with E-state index in [-0.39, 0.29) is 12.0 Å². The summed E-state index contributed by atoms with van der Waals surface area (Å²) >= 11 is 0. The van der Waals surface area contributed by atoms with E-state index < -0.39 is 0 Å². The maximum absolute atomic E-state index is 12.6. The number of hydrogen-bond acceptors (Lipinski definition) is 14. The number of amides is 1. The van der Waals surface area contributed by atoms with Crippen LogP contribution in [0.15, 0.2) is 72.8 Å². The number of fused-ring (bicyclic) bond motifs is 3. The van der Waals surface area contributed by atoms with E-state index in [0.717, 1.165) is 12.2 Å². The molecule has 3 aromatic carbocycles. The third-order valence-electron chi connectivity index (χ3n) is 11.2. The largest absolute Gasteiger partial charge is 0.491 e. The molecular weight excluding hydrogens is 887 g/mol. The average molecular weight is 970 g/mol. The van der Waals surface area contributed by atoms with Crippen molar-refractivity contribution < 1.29 is 66.4 Å². The number of carbonyl (C=O) groups is 1. The van der Waals surface area contributed by atoms with Gasteiger partial charge in [0.2, 0.25) is 0 Å². The molecular formula is C54H83NO14. The first-order valence-electron chi connectivity index (χ1n) is 25.3. The van der Waals surface area contributed by atoms with Crippen LogP contribution in [0.1, 0.15) is 68.1 Å². The number of unbranched alkanes of at least 4 members (excludes halogenated alkanes) is 5. The molecule has 15 nitrogen and oxygen atoms in total. The number of carbonyl (C=O) groups excluding carboxylic acids is 1. The molecule has 0 heterocycles. The second-order valence-corrected chi connectivity index (χ2v) is 16.5. The third kappa shape index (κ3) is 26.9. The van der Waals surface area contributed by atoms with Crippen molar-refractivity contribution in [1.29, 1.82) is 0 Å². The summed E-state index contributed by atoms with van der Waals surface area (Å²) < 4.78 is 72.6. The Kier molecular flexibility index (Phi) is 33.5. The predicted octanol–water partition coefficient (Wildman–Crippen LogP) is 8.03. The number of benzene rings is 3. The number of likely N-dealkylation sites (N-methyl/N-ethyl adjacent to an activating group) is 1. The van der Waals surface area contributed by atoms with Gasteiger partial charge in [-0.05, 0) is 52.8 Å². The Labute approximate surface area is 412 Å². The lowest BCUT2D eigenvalue weighted by atomic mass is 9.98. The van der Waals surface area contributed by atoms with Crippen LogP contribution >= 0.6 is 0 Å². The molecule has 69 heavy (non-hydrogen) atoms. The van der Waals surface area contributed by atoms with Gasteiger partial charge in [-0.1, -0.05) is 99.7 Å². The molecule has 0 N–H and O–H groups in total. The molecule has 0 fully saturated rings. The lowest BCUT2D eigenvalue weighted by Crippen LogP contribution is -2.32. The highest BCUT2D eigenvalue weighted by Gasteiger charge is 2.29. The van der Waals surface area contributed by atoms with E-state index in [1.807, 2.05) is 36.4 Å². The summed E-state index contributed by atoms with van der Waals surface area (Å²) in [4.78, 5) is 14.2. The zero-order valence-electron chi connectivity index (χ0n) is 41.8. The van der Waals surface area contributed by atoms with E-state index in [4.69, 9.17) is 61.6 Å². The Hall–Kier alpha value is -3.71. The molecule has 0 saturated heterocycles. The van der Waals surface area contributed by atoms with Crippen LogP contribution in [0.25, 0.3) is 11.1 Å². The van der Waals surface area contributed by atoms with Crippen LogP contribution in [0.3, 0.4) is 0 Å². The number of ether oxygens (including phenoxy) is 13. The number of hydrogen-bond donors (Lipinski definition) is 0. The van der Waals surface area contributed by atoms with Crippen LogP contribution in [0.2, 0.25) is 0 Å². The van der Waals surface area contributed by atoms with E-state index in [2.05, 4.69) is 43.3 Å². The number of rotatable bonds is 46. The summed E-state index contributed by atoms with van der Waals surface area (Å²) in [7, 11) is 1.72. The van der Waals surface area contributed by atoms with Gasteiger partial charge in [0.05, 0.1) is 145 Å². The normalized spacial score (nSPS) is 12.1. The molecule has 1 aliphatic rings. The highest BCUT2D eigenvalue weighted by Crippen LogP contribution is 2.44. The molecule has 1 amide bonds. The summed E-state index contributed by atoms with van der Waals surface area (Å²) in [6.07, 6.45) is 8.69. The van der Waals surface area contributed by atoms with E-state index in [1.165, 1.54) is 71.2 Å². The van der Waals surface area contributed by atoms with Crippen molar-refractivity contribution in [1.82, 2.24) is 4.90 Å². The summed E-state index contributed by atoms with van der Waals surface area (Å²) in [5.74, 6) is 0.916. The summed E-state index contributed by atoms with van der Waals surface area (Å²) in [5.41, 5.74) is 6.17.